The van der Waals surface area contributed by atoms with Gasteiger partial charge in [0.15, 0.2) is 12.6 Å². The van der Waals surface area contributed by atoms with Crippen molar-refractivity contribution < 1.29 is 121 Å². The molecule has 560 valence electrons. The molecule has 7 unspecified atom stereocenters. The molecule has 5 saturated heterocycles. The number of unbranched alkanes of at least 4 members (excludes halogenated alkanes) is 6. The third-order valence-corrected chi connectivity index (χ3v) is 19.4. The van der Waals surface area contributed by atoms with E-state index in [9.17, 15) is 83.8 Å². The number of ketones is 2. The molecule has 0 amide bonds. The SMILES string of the molecule is C=CCC[C@@H]1O[C@H]1CC(=C)CC[C@@H]1O[C@H]1CCCC/C=C/CC/C=C/CC(C)/C=C/CC(C)CCCCCCC(=O)CCCC(CC(O)CC(=O)CC(O)CCC(O)[C@@H]1C[C@H](O)[C@H](OS(=O)(=O)[O-])[C@@H](CC(C)O)O1)O[C@@H]1O[C@H](CO[C@@H]2O[C@H](CO)[C@@H](O)[C@H](O)[C@H]2O)[C@@H](O)[C@H](O)[C@H]1O. The van der Waals surface area contributed by atoms with E-state index >= 15 is 0 Å². The molecule has 5 rings (SSSR count). The van der Waals surface area contributed by atoms with Gasteiger partial charge < -0.3 is 99.0 Å². The maximum Gasteiger partial charge on any atom is 0.218 e. The minimum absolute atomic E-state index is 0.00236. The van der Waals surface area contributed by atoms with Crippen LogP contribution in [0.3, 0.4) is 0 Å². The highest BCUT2D eigenvalue weighted by atomic mass is 32.3. The lowest BCUT2D eigenvalue weighted by atomic mass is 9.90. The molecule has 97 heavy (non-hydrogen) atoms. The number of carbonyl (C=O) groups is 2. The molecule has 5 heterocycles. The van der Waals surface area contributed by atoms with E-state index < -0.39 is 159 Å². The van der Waals surface area contributed by atoms with Crippen molar-refractivity contribution >= 4 is 22.0 Å². The average molecular weight is 1400 g/mol. The topological polar surface area (TPSA) is 415 Å². The summed E-state index contributed by atoms with van der Waals surface area (Å²) in [5, 5.41) is 127. The van der Waals surface area contributed by atoms with Crippen LogP contribution in [-0.2, 0) is 57.3 Å². The predicted octanol–water partition coefficient (Wildman–Crippen LogP) is 5.10. The first-order chi connectivity index (χ1) is 46.2. The van der Waals surface area contributed by atoms with Crippen molar-refractivity contribution in [1.29, 1.82) is 0 Å². The van der Waals surface area contributed by atoms with Crippen LogP contribution in [0.1, 0.15) is 207 Å². The average Bonchev–Trinajstić information content (AvgIpc) is 1.79. The van der Waals surface area contributed by atoms with E-state index in [0.717, 1.165) is 96.3 Å². The normalized spacial score (nSPS) is 32.2. The molecular formula is C71H119O25S-. The Hall–Kier alpha value is -2.85. The quantitative estimate of drug-likeness (QED) is 0.0124. The van der Waals surface area contributed by atoms with Crippen molar-refractivity contribution in [3.8, 4) is 0 Å². The fourth-order valence-corrected chi connectivity index (χ4v) is 13.5. The zero-order valence-electron chi connectivity index (χ0n) is 57.4. The molecule has 25 atom stereocenters. The van der Waals surface area contributed by atoms with Gasteiger partial charge in [0, 0.05) is 44.9 Å². The van der Waals surface area contributed by atoms with E-state index in [1.165, 1.54) is 25.3 Å². The molecule has 0 aromatic carbocycles. The van der Waals surface area contributed by atoms with Gasteiger partial charge in [-0.1, -0.05) is 101 Å². The molecule has 5 aliphatic rings. The molecule has 0 saturated carbocycles. The lowest BCUT2D eigenvalue weighted by Gasteiger charge is -2.43. The second-order valence-electron chi connectivity index (χ2n) is 28.0. The predicted molar refractivity (Wildman–Crippen MR) is 357 cm³/mol. The lowest BCUT2D eigenvalue weighted by Crippen LogP contribution is -2.62. The molecule has 0 spiro atoms. The Labute approximate surface area is 574 Å². The summed E-state index contributed by atoms with van der Waals surface area (Å²) in [6, 6.07) is 0. The summed E-state index contributed by atoms with van der Waals surface area (Å²) in [5.41, 5.74) is 1.28. The Morgan fingerprint density at radius 1 is 0.598 bits per heavy atom. The first-order valence-corrected chi connectivity index (χ1v) is 37.0. The van der Waals surface area contributed by atoms with Gasteiger partial charge >= 0.3 is 0 Å². The fraction of sp³-hybridized carbons (Fsp3) is 0.831. The van der Waals surface area contributed by atoms with Crippen LogP contribution in [0.4, 0.5) is 0 Å². The van der Waals surface area contributed by atoms with Crippen molar-refractivity contribution in [2.45, 2.75) is 348 Å². The summed E-state index contributed by atoms with van der Waals surface area (Å²) in [6.45, 7) is 12.5. The van der Waals surface area contributed by atoms with Gasteiger partial charge in [0.05, 0.1) is 86.5 Å². The van der Waals surface area contributed by atoms with Crippen molar-refractivity contribution in [2.24, 2.45) is 11.8 Å². The smallest absolute Gasteiger partial charge is 0.218 e. The number of hydrogen-bond donors (Lipinski definition) is 12. The number of Topliss-reactive ketones (excluding diaryl/α,β-unsaturated/α-hetero) is 2. The molecule has 5 fully saturated rings. The molecule has 0 radical (unpaired) electrons. The van der Waals surface area contributed by atoms with Gasteiger partial charge in [-0.3, -0.25) is 13.8 Å². The van der Waals surface area contributed by atoms with E-state index in [2.05, 4.69) is 67.6 Å². The summed E-state index contributed by atoms with van der Waals surface area (Å²) in [5.74, 6) is 0.393. The Morgan fingerprint density at radius 2 is 1.24 bits per heavy atom. The number of hydrogen-bond acceptors (Lipinski definition) is 25. The van der Waals surface area contributed by atoms with E-state index in [1.807, 2.05) is 6.08 Å². The van der Waals surface area contributed by atoms with E-state index in [4.69, 9.17) is 33.2 Å². The van der Waals surface area contributed by atoms with Gasteiger partial charge in [0.2, 0.25) is 10.4 Å². The van der Waals surface area contributed by atoms with Gasteiger partial charge in [-0.15, -0.1) is 6.58 Å². The lowest BCUT2D eigenvalue weighted by molar-refractivity contribution is -0.336. The minimum Gasteiger partial charge on any atom is -0.726 e. The molecular weight excluding hydrogens is 1280 g/mol. The number of ether oxygens (including phenoxy) is 7. The largest absolute Gasteiger partial charge is 0.726 e. The van der Waals surface area contributed by atoms with Crippen molar-refractivity contribution in [3.63, 3.8) is 0 Å². The second kappa shape index (κ2) is 44.6. The summed E-state index contributed by atoms with van der Waals surface area (Å²) in [6.07, 6.45) is 5.76. The number of aliphatic hydroxyl groups is 12. The first-order valence-electron chi connectivity index (χ1n) is 35.7. The van der Waals surface area contributed by atoms with Crippen LogP contribution in [-0.4, -0.2) is 240 Å². The van der Waals surface area contributed by atoms with Gasteiger partial charge in [-0.25, -0.2) is 8.42 Å². The monoisotopic (exact) mass is 1400 g/mol. The molecule has 12 N–H and O–H groups in total. The van der Waals surface area contributed by atoms with Gasteiger partial charge in [0.1, 0.15) is 66.5 Å². The van der Waals surface area contributed by atoms with Crippen LogP contribution in [0, 0.1) is 11.8 Å². The number of aliphatic hydroxyl groups excluding tert-OH is 12. The van der Waals surface area contributed by atoms with Gasteiger partial charge in [-0.05, 0) is 128 Å². The summed E-state index contributed by atoms with van der Waals surface area (Å²) in [4.78, 5) is 26.4. The highest BCUT2D eigenvalue weighted by Crippen LogP contribution is 2.37. The Balaban J connectivity index is 0.972. The zero-order chi connectivity index (χ0) is 71.2. The van der Waals surface area contributed by atoms with Crippen molar-refractivity contribution in [2.75, 3.05) is 13.2 Å². The summed E-state index contributed by atoms with van der Waals surface area (Å²) < 4.78 is 78.8. The van der Waals surface area contributed by atoms with Crippen LogP contribution in [0.2, 0.25) is 0 Å². The summed E-state index contributed by atoms with van der Waals surface area (Å²) >= 11 is 0. The number of rotatable bonds is 52. The maximum atomic E-state index is 13.2. The molecule has 25 nitrogen and oxygen atoms in total. The van der Waals surface area contributed by atoms with Crippen molar-refractivity contribution in [3.05, 3.63) is 61.3 Å². The molecule has 26 heteroatoms. The fourth-order valence-electron chi connectivity index (χ4n) is 13.0. The van der Waals surface area contributed by atoms with Gasteiger partial charge in [0.25, 0.3) is 0 Å². The molecule has 0 aromatic rings. The van der Waals surface area contributed by atoms with E-state index in [-0.39, 0.29) is 57.1 Å². The highest BCUT2D eigenvalue weighted by molar-refractivity contribution is 7.80. The van der Waals surface area contributed by atoms with Crippen LogP contribution < -0.4 is 0 Å². The van der Waals surface area contributed by atoms with Crippen LogP contribution >= 0.6 is 0 Å². The maximum absolute atomic E-state index is 13.2. The number of carbonyl (C=O) groups excluding carboxylic acids is 2. The molecule has 0 aliphatic carbocycles. The molecule has 0 bridgehead atoms. The third kappa shape index (κ3) is 32.6. The number of allylic oxidation sites excluding steroid dienone is 7. The molecule has 0 aromatic heterocycles. The Bertz CT molecular complexity index is 2460. The minimum atomic E-state index is -5.27. The van der Waals surface area contributed by atoms with Crippen molar-refractivity contribution in [1.82, 2.24) is 0 Å². The Kier molecular flexibility index (Phi) is 39.0. The first kappa shape index (κ1) is 84.8. The number of epoxide rings is 2. The van der Waals surface area contributed by atoms with Crippen LogP contribution in [0.5, 0.6) is 0 Å². The molecule has 5 aliphatic heterocycles. The van der Waals surface area contributed by atoms with E-state index in [1.54, 1.807) is 0 Å². The highest BCUT2D eigenvalue weighted by Gasteiger charge is 2.49. The van der Waals surface area contributed by atoms with Crippen LogP contribution in [0.15, 0.2) is 61.3 Å². The summed E-state index contributed by atoms with van der Waals surface area (Å²) in [7, 11) is -5.27. The second-order valence-corrected chi connectivity index (χ2v) is 29.0. The zero-order valence-corrected chi connectivity index (χ0v) is 58.2. The van der Waals surface area contributed by atoms with E-state index in [0.29, 0.717) is 49.1 Å². The third-order valence-electron chi connectivity index (χ3n) is 19.0. The van der Waals surface area contributed by atoms with Gasteiger partial charge in [-0.2, -0.15) is 0 Å². The van der Waals surface area contributed by atoms with Crippen LogP contribution in [0.25, 0.3) is 0 Å². The standard InChI is InChI=1S/C71H120O25S/c1-6-7-30-56-59(92-56)36-46(4)32-35-57-55(91-57)31-20-14-12-10-8-9-11-13-17-23-44(2)25-21-26-45(3)24-18-15-16-19-27-48(74)28-22-29-52(90-71-68(85)66(83)64(81)62(95-71)43-89-70-67(84)65(82)63(80)61(42-72)94-70)40-51(77)39-50(76)38-49(75)33-34-53(78)58-41-54(79)69(96-97(86,87)88)60(93-58)37-47(5)73/h6,8,10,13,17,21,25,44-45,47,49,51-73,75,77-85H,1,4,7,9,11-12,14-16,18-20,22-24,26-43H2,2-3,5H3,(H,86,87,88)/p-1/b10-8+,17-13+,25-21+/t44?,45?,47?,49?,51?,52?,53?,54-,55-,56-,57-,58-,59-,60+,61+,62+,63+,64+,65-,66-,67+,68+,69-,70+,71+/m0/s1. The Morgan fingerprint density at radius 3 is 1.95 bits per heavy atom.